The molecule has 8 heteroatoms. The van der Waals surface area contributed by atoms with Crippen molar-refractivity contribution >= 4 is 44.4 Å². The molecular weight excluding hydrogens is 358 g/mol. The van der Waals surface area contributed by atoms with Gasteiger partial charge in [-0.15, -0.1) is 0 Å². The number of nitrogens with one attached hydrogen (secondary N) is 2. The molecule has 0 aliphatic carbocycles. The smallest absolute Gasteiger partial charge is 0.326 e. The van der Waals surface area contributed by atoms with Gasteiger partial charge >= 0.3 is 12.0 Å². The van der Waals surface area contributed by atoms with Crippen molar-refractivity contribution in [3.63, 3.8) is 0 Å². The van der Waals surface area contributed by atoms with Crippen LogP contribution in [0.4, 0.5) is 9.93 Å². The molecule has 2 amide bonds. The molecule has 3 N–H and O–H groups in total. The molecule has 1 heterocycles. The number of thiazole rings is 1. The van der Waals surface area contributed by atoms with Gasteiger partial charge in [0.25, 0.3) is 0 Å². The average molecular weight is 370 g/mol. The normalized spacial score (nSPS) is 11.7. The van der Waals surface area contributed by atoms with Gasteiger partial charge in [0, 0.05) is 6.42 Å². The zero-order valence-corrected chi connectivity index (χ0v) is 13.1. The highest BCUT2D eigenvalue weighted by Gasteiger charge is 2.20. The number of amides is 2. The Morgan fingerprint density at radius 1 is 1.33 bits per heavy atom. The SMILES string of the molecule is O=C(Nc1ncc(Br)s1)NC(Cc1ccccc1)C(=O)O. The monoisotopic (exact) mass is 369 g/mol. The van der Waals surface area contributed by atoms with Gasteiger partial charge in [-0.1, -0.05) is 41.7 Å². The number of carboxylic acid groups (broad SMARTS) is 1. The number of urea groups is 1. The number of carbonyl (C=O) groups excluding carboxylic acids is 1. The first kappa shape index (κ1) is 15.5. The molecule has 2 rings (SSSR count). The van der Waals surface area contributed by atoms with Crippen LogP contribution in [0.3, 0.4) is 0 Å². The van der Waals surface area contributed by atoms with E-state index in [0.717, 1.165) is 9.35 Å². The lowest BCUT2D eigenvalue weighted by Gasteiger charge is -2.14. The van der Waals surface area contributed by atoms with E-state index in [1.807, 2.05) is 30.3 Å². The second-order valence-electron chi connectivity index (χ2n) is 4.15. The molecule has 110 valence electrons. The molecule has 6 nitrogen and oxygen atoms in total. The maximum Gasteiger partial charge on any atom is 0.326 e. The predicted molar refractivity (Wildman–Crippen MR) is 83.5 cm³/mol. The minimum atomic E-state index is -1.09. The third-order valence-electron chi connectivity index (χ3n) is 2.58. The summed E-state index contributed by atoms with van der Waals surface area (Å²) in [5.41, 5.74) is 0.835. The van der Waals surface area contributed by atoms with Crippen molar-refractivity contribution in [2.24, 2.45) is 0 Å². The first-order valence-electron chi connectivity index (χ1n) is 6.00. The van der Waals surface area contributed by atoms with Crippen LogP contribution in [0.1, 0.15) is 5.56 Å². The number of carbonyl (C=O) groups is 2. The molecule has 0 bridgehead atoms. The van der Waals surface area contributed by atoms with E-state index in [1.165, 1.54) is 11.3 Å². The number of rotatable bonds is 5. The number of nitrogens with zero attached hydrogens (tertiary/aromatic N) is 1. The molecule has 0 spiro atoms. The molecule has 0 saturated carbocycles. The summed E-state index contributed by atoms with van der Waals surface area (Å²) >= 11 is 4.47. The molecule has 0 radical (unpaired) electrons. The molecular formula is C13H12BrN3O3S. The molecule has 0 saturated heterocycles. The summed E-state index contributed by atoms with van der Waals surface area (Å²) in [5.74, 6) is -1.09. The van der Waals surface area contributed by atoms with Gasteiger partial charge < -0.3 is 10.4 Å². The highest BCUT2D eigenvalue weighted by Crippen LogP contribution is 2.22. The fraction of sp³-hybridized carbons (Fsp3) is 0.154. The van der Waals surface area contributed by atoms with E-state index in [4.69, 9.17) is 0 Å². The zero-order chi connectivity index (χ0) is 15.2. The van der Waals surface area contributed by atoms with Crippen LogP contribution < -0.4 is 10.6 Å². The van der Waals surface area contributed by atoms with E-state index in [1.54, 1.807) is 6.20 Å². The van der Waals surface area contributed by atoms with Crippen LogP contribution in [-0.4, -0.2) is 28.1 Å². The molecule has 0 aliphatic heterocycles. The van der Waals surface area contributed by atoms with Gasteiger partial charge in [-0.05, 0) is 21.5 Å². The summed E-state index contributed by atoms with van der Waals surface area (Å²) in [6.45, 7) is 0. The number of anilines is 1. The molecule has 21 heavy (non-hydrogen) atoms. The number of carboxylic acids is 1. The largest absolute Gasteiger partial charge is 0.480 e. The van der Waals surface area contributed by atoms with Crippen LogP contribution in [-0.2, 0) is 11.2 Å². The summed E-state index contributed by atoms with van der Waals surface area (Å²) in [5, 5.41) is 14.5. The number of halogens is 1. The molecule has 1 aromatic heterocycles. The third-order valence-corrected chi connectivity index (χ3v) is 3.98. The lowest BCUT2D eigenvalue weighted by molar-refractivity contribution is -0.139. The van der Waals surface area contributed by atoms with Crippen molar-refractivity contribution in [2.45, 2.75) is 12.5 Å². The van der Waals surface area contributed by atoms with Crippen molar-refractivity contribution in [3.05, 3.63) is 45.9 Å². The van der Waals surface area contributed by atoms with Crippen LogP contribution in [0.15, 0.2) is 40.3 Å². The van der Waals surface area contributed by atoms with Crippen molar-refractivity contribution in [1.82, 2.24) is 10.3 Å². The second-order valence-corrected chi connectivity index (χ2v) is 6.56. The van der Waals surface area contributed by atoms with Crippen LogP contribution >= 0.6 is 27.3 Å². The Morgan fingerprint density at radius 2 is 2.05 bits per heavy atom. The fourth-order valence-corrected chi connectivity index (χ4v) is 2.76. The van der Waals surface area contributed by atoms with Crippen molar-refractivity contribution in [3.8, 4) is 0 Å². The zero-order valence-electron chi connectivity index (χ0n) is 10.7. The van der Waals surface area contributed by atoms with E-state index >= 15 is 0 Å². The summed E-state index contributed by atoms with van der Waals surface area (Å²) in [6.07, 6.45) is 1.77. The molecule has 2 aromatic rings. The summed E-state index contributed by atoms with van der Waals surface area (Å²) in [7, 11) is 0. The van der Waals surface area contributed by atoms with Gasteiger partial charge in [-0.25, -0.2) is 14.6 Å². The molecule has 0 aliphatic rings. The topological polar surface area (TPSA) is 91.3 Å². The van der Waals surface area contributed by atoms with Crippen LogP contribution in [0, 0.1) is 0 Å². The van der Waals surface area contributed by atoms with Crippen molar-refractivity contribution < 1.29 is 14.7 Å². The Balaban J connectivity index is 1.96. The number of benzene rings is 1. The lowest BCUT2D eigenvalue weighted by atomic mass is 10.1. The van der Waals surface area contributed by atoms with Crippen LogP contribution in [0.2, 0.25) is 0 Å². The maximum absolute atomic E-state index is 11.8. The fourth-order valence-electron chi connectivity index (χ4n) is 1.65. The van der Waals surface area contributed by atoms with Gasteiger partial charge in [0.05, 0.1) is 9.98 Å². The van der Waals surface area contributed by atoms with E-state index in [9.17, 15) is 14.7 Å². The molecule has 1 aromatic carbocycles. The van der Waals surface area contributed by atoms with Crippen LogP contribution in [0.25, 0.3) is 0 Å². The summed E-state index contributed by atoms with van der Waals surface area (Å²) in [4.78, 5) is 27.0. The quantitative estimate of drug-likeness (QED) is 0.755. The average Bonchev–Trinajstić information content (AvgIpc) is 2.84. The molecule has 1 atom stereocenters. The minimum Gasteiger partial charge on any atom is -0.480 e. The van der Waals surface area contributed by atoms with Gasteiger partial charge in [0.1, 0.15) is 6.04 Å². The van der Waals surface area contributed by atoms with Gasteiger partial charge in [-0.2, -0.15) is 0 Å². The highest BCUT2D eigenvalue weighted by atomic mass is 79.9. The van der Waals surface area contributed by atoms with Gasteiger partial charge in [0.2, 0.25) is 0 Å². The first-order valence-corrected chi connectivity index (χ1v) is 7.61. The predicted octanol–water partition coefficient (Wildman–Crippen LogP) is 2.72. The Hall–Kier alpha value is -1.93. The number of hydrogen-bond acceptors (Lipinski definition) is 4. The second kappa shape index (κ2) is 7.19. The van der Waals surface area contributed by atoms with E-state index in [-0.39, 0.29) is 6.42 Å². The van der Waals surface area contributed by atoms with E-state index in [2.05, 4.69) is 31.5 Å². The number of aliphatic carboxylic acids is 1. The number of aromatic nitrogens is 1. The molecule has 0 fully saturated rings. The Morgan fingerprint density at radius 3 is 2.62 bits per heavy atom. The van der Waals surface area contributed by atoms with E-state index in [0.29, 0.717) is 5.13 Å². The lowest BCUT2D eigenvalue weighted by Crippen LogP contribution is -2.44. The minimum absolute atomic E-state index is 0.213. The van der Waals surface area contributed by atoms with Crippen molar-refractivity contribution in [1.29, 1.82) is 0 Å². The third kappa shape index (κ3) is 4.83. The first-order chi connectivity index (χ1) is 10.0. The Kier molecular flexibility index (Phi) is 5.29. The highest BCUT2D eigenvalue weighted by molar-refractivity contribution is 9.11. The maximum atomic E-state index is 11.8. The van der Waals surface area contributed by atoms with Gasteiger partial charge in [-0.3, -0.25) is 5.32 Å². The Bertz CT molecular complexity index is 633. The van der Waals surface area contributed by atoms with E-state index < -0.39 is 18.0 Å². The number of hydrogen-bond donors (Lipinski definition) is 3. The summed E-state index contributed by atoms with van der Waals surface area (Å²) in [6, 6.07) is 7.51. The van der Waals surface area contributed by atoms with Crippen molar-refractivity contribution in [2.75, 3.05) is 5.32 Å². The summed E-state index contributed by atoms with van der Waals surface area (Å²) < 4.78 is 0.775. The standard InChI is InChI=1S/C13H12BrN3O3S/c14-10-7-15-13(21-10)17-12(20)16-9(11(18)19)6-8-4-2-1-3-5-8/h1-5,7,9H,6H2,(H,18,19)(H2,15,16,17,20). The van der Waals surface area contributed by atoms with Gasteiger partial charge in [0.15, 0.2) is 5.13 Å². The Labute approximate surface area is 133 Å². The molecule has 1 unspecified atom stereocenters. The van der Waals surface area contributed by atoms with Crippen LogP contribution in [0.5, 0.6) is 0 Å².